The van der Waals surface area contributed by atoms with Gasteiger partial charge >= 0.3 is 0 Å². The van der Waals surface area contributed by atoms with Gasteiger partial charge in [-0.25, -0.2) is 0 Å². The highest BCUT2D eigenvalue weighted by Gasteiger charge is 1.96. The van der Waals surface area contributed by atoms with Crippen molar-refractivity contribution in [3.8, 4) is 0 Å². The van der Waals surface area contributed by atoms with Gasteiger partial charge in [-0.3, -0.25) is 0 Å². The molecule has 0 saturated heterocycles. The minimum Gasteiger partial charge on any atom is -0.176 e. The van der Waals surface area contributed by atoms with Crippen LogP contribution < -0.4 is 0 Å². The molecule has 0 nitrogen and oxygen atoms in total. The number of rotatable bonds is 2. The Kier molecular flexibility index (Phi) is 3.28. The summed E-state index contributed by atoms with van der Waals surface area (Å²) in [7, 11) is 0. The van der Waals surface area contributed by atoms with Crippen LogP contribution >= 0.6 is 24.2 Å². The van der Waals surface area contributed by atoms with E-state index in [1.54, 1.807) is 0 Å². The number of hydrogen-bond acceptors (Lipinski definition) is 1. The van der Waals surface area contributed by atoms with Gasteiger partial charge in [0.25, 0.3) is 0 Å². The molecule has 1 aromatic carbocycles. The number of benzene rings is 1. The van der Waals surface area contributed by atoms with Crippen molar-refractivity contribution in [1.29, 1.82) is 0 Å². The zero-order chi connectivity index (χ0) is 8.27. The fourth-order valence-electron chi connectivity index (χ4n) is 0.962. The number of hydrogen-bond donors (Lipinski definition) is 1. The summed E-state index contributed by atoms with van der Waals surface area (Å²) in [6.45, 7) is 2.08. The van der Waals surface area contributed by atoms with E-state index in [9.17, 15) is 0 Å². The smallest absolute Gasteiger partial charge is 0.0406 e. The van der Waals surface area contributed by atoms with Crippen LogP contribution in [0.5, 0.6) is 0 Å². The molecule has 0 bridgehead atoms. The van der Waals surface area contributed by atoms with Gasteiger partial charge < -0.3 is 0 Å². The van der Waals surface area contributed by atoms with Crippen LogP contribution in [0.25, 0.3) is 0 Å². The van der Waals surface area contributed by atoms with Crippen molar-refractivity contribution < 1.29 is 0 Å². The summed E-state index contributed by atoms with van der Waals surface area (Å²) in [4.78, 5) is 0. The third-order valence-electron chi connectivity index (χ3n) is 1.44. The lowest BCUT2D eigenvalue weighted by Gasteiger charge is -2.02. The molecular weight excluding hydrogens is 176 g/mol. The van der Waals surface area contributed by atoms with Crippen LogP contribution in [-0.2, 0) is 6.42 Å². The first-order valence-electron chi connectivity index (χ1n) is 3.61. The van der Waals surface area contributed by atoms with Crippen molar-refractivity contribution in [2.24, 2.45) is 0 Å². The molecule has 1 aromatic rings. The minimum atomic E-state index is 0.413. The molecule has 0 aliphatic carbocycles. The average Bonchev–Trinajstić information content (AvgIpc) is 1.93. The molecule has 0 fully saturated rings. The highest BCUT2D eigenvalue weighted by atomic mass is 35.5. The molecule has 0 heterocycles. The van der Waals surface area contributed by atoms with E-state index in [1.807, 2.05) is 24.3 Å². The van der Waals surface area contributed by atoms with Gasteiger partial charge in [-0.1, -0.05) is 30.7 Å². The standard InChI is InChI=1S/C9H11ClS/c1-7(11)6-8-2-4-9(10)5-3-8/h2-5,7,11H,6H2,1H3. The lowest BCUT2D eigenvalue weighted by atomic mass is 10.1. The fraction of sp³-hybridized carbons (Fsp3) is 0.333. The Labute approximate surface area is 78.0 Å². The molecule has 0 radical (unpaired) electrons. The monoisotopic (exact) mass is 186 g/mol. The highest BCUT2D eigenvalue weighted by Crippen LogP contribution is 2.12. The molecule has 0 aliphatic heterocycles. The van der Waals surface area contributed by atoms with E-state index in [0.717, 1.165) is 11.4 Å². The van der Waals surface area contributed by atoms with E-state index in [2.05, 4.69) is 19.6 Å². The van der Waals surface area contributed by atoms with Gasteiger partial charge in [0.15, 0.2) is 0 Å². The third kappa shape index (κ3) is 3.17. The Morgan fingerprint density at radius 1 is 1.36 bits per heavy atom. The van der Waals surface area contributed by atoms with E-state index in [1.165, 1.54) is 5.56 Å². The van der Waals surface area contributed by atoms with Crippen molar-refractivity contribution >= 4 is 24.2 Å². The number of halogens is 1. The van der Waals surface area contributed by atoms with Crippen LogP contribution in [-0.4, -0.2) is 5.25 Å². The van der Waals surface area contributed by atoms with Gasteiger partial charge in [-0.2, -0.15) is 12.6 Å². The third-order valence-corrected chi connectivity index (χ3v) is 1.88. The first-order valence-corrected chi connectivity index (χ1v) is 4.50. The lowest BCUT2D eigenvalue weighted by Crippen LogP contribution is -1.96. The SMILES string of the molecule is CC(S)Cc1ccc(Cl)cc1. The maximum Gasteiger partial charge on any atom is 0.0406 e. The molecule has 1 atom stereocenters. The predicted molar refractivity (Wildman–Crippen MR) is 53.6 cm³/mol. The first-order chi connectivity index (χ1) is 5.18. The van der Waals surface area contributed by atoms with Crippen molar-refractivity contribution in [2.45, 2.75) is 18.6 Å². The Hall–Kier alpha value is -0.140. The molecular formula is C9H11ClS. The van der Waals surface area contributed by atoms with Crippen molar-refractivity contribution in [1.82, 2.24) is 0 Å². The van der Waals surface area contributed by atoms with E-state index >= 15 is 0 Å². The molecule has 0 amide bonds. The summed E-state index contributed by atoms with van der Waals surface area (Å²) in [6.07, 6.45) is 1.00. The Bertz CT molecular complexity index is 216. The van der Waals surface area contributed by atoms with Gasteiger partial charge in [0.1, 0.15) is 0 Å². The first kappa shape index (κ1) is 8.95. The maximum atomic E-state index is 5.73. The zero-order valence-electron chi connectivity index (χ0n) is 6.42. The van der Waals surface area contributed by atoms with E-state index in [4.69, 9.17) is 11.6 Å². The zero-order valence-corrected chi connectivity index (χ0v) is 8.07. The topological polar surface area (TPSA) is 0 Å². The van der Waals surface area contributed by atoms with Gasteiger partial charge in [0.05, 0.1) is 0 Å². The molecule has 60 valence electrons. The average molecular weight is 187 g/mol. The maximum absolute atomic E-state index is 5.73. The molecule has 0 N–H and O–H groups in total. The Morgan fingerprint density at radius 3 is 2.36 bits per heavy atom. The van der Waals surface area contributed by atoms with Crippen LogP contribution in [0.1, 0.15) is 12.5 Å². The second-order valence-corrected chi connectivity index (χ2v) is 4.00. The molecule has 0 spiro atoms. The van der Waals surface area contributed by atoms with Crippen LogP contribution in [0, 0.1) is 0 Å². The Balaban J connectivity index is 2.66. The molecule has 0 aliphatic rings. The molecule has 1 rings (SSSR count). The quantitative estimate of drug-likeness (QED) is 0.674. The lowest BCUT2D eigenvalue weighted by molar-refractivity contribution is 0.951. The van der Waals surface area contributed by atoms with Crippen LogP contribution in [0.15, 0.2) is 24.3 Å². The summed E-state index contributed by atoms with van der Waals surface area (Å²) >= 11 is 10.0. The molecule has 1 unspecified atom stereocenters. The van der Waals surface area contributed by atoms with Crippen LogP contribution in [0.3, 0.4) is 0 Å². The minimum absolute atomic E-state index is 0.413. The Morgan fingerprint density at radius 2 is 1.91 bits per heavy atom. The summed E-state index contributed by atoms with van der Waals surface area (Å²) in [5, 5.41) is 1.21. The van der Waals surface area contributed by atoms with Crippen LogP contribution in [0.2, 0.25) is 5.02 Å². The van der Waals surface area contributed by atoms with Gasteiger partial charge in [0, 0.05) is 10.3 Å². The van der Waals surface area contributed by atoms with E-state index in [0.29, 0.717) is 5.25 Å². The molecule has 11 heavy (non-hydrogen) atoms. The van der Waals surface area contributed by atoms with E-state index in [-0.39, 0.29) is 0 Å². The molecule has 0 saturated carbocycles. The number of thiol groups is 1. The summed E-state index contributed by atoms with van der Waals surface area (Å²) < 4.78 is 0. The highest BCUT2D eigenvalue weighted by molar-refractivity contribution is 7.80. The largest absolute Gasteiger partial charge is 0.176 e. The van der Waals surface area contributed by atoms with Gasteiger partial charge in [0.2, 0.25) is 0 Å². The predicted octanol–water partition coefficient (Wildman–Crippen LogP) is 3.20. The summed E-state index contributed by atoms with van der Waals surface area (Å²) in [5.74, 6) is 0. The summed E-state index contributed by atoms with van der Waals surface area (Å²) in [6, 6.07) is 7.89. The van der Waals surface area contributed by atoms with Gasteiger partial charge in [-0.15, -0.1) is 0 Å². The van der Waals surface area contributed by atoms with Crippen molar-refractivity contribution in [3.63, 3.8) is 0 Å². The molecule has 2 heteroatoms. The second-order valence-electron chi connectivity index (χ2n) is 2.68. The van der Waals surface area contributed by atoms with E-state index < -0.39 is 0 Å². The molecule has 0 aromatic heterocycles. The van der Waals surface area contributed by atoms with Crippen molar-refractivity contribution in [3.05, 3.63) is 34.9 Å². The fourth-order valence-corrected chi connectivity index (χ4v) is 1.30. The van der Waals surface area contributed by atoms with Gasteiger partial charge in [-0.05, 0) is 24.1 Å². The second kappa shape index (κ2) is 4.03. The van der Waals surface area contributed by atoms with Crippen LogP contribution in [0.4, 0.5) is 0 Å². The summed E-state index contributed by atoms with van der Waals surface area (Å²) in [5.41, 5.74) is 1.29. The van der Waals surface area contributed by atoms with Crippen molar-refractivity contribution in [2.75, 3.05) is 0 Å². The normalized spacial score (nSPS) is 13.0.